The number of methoxy groups -OCH3 is 1. The highest BCUT2D eigenvalue weighted by atomic mass is 19.1. The molecule has 6 rings (SSSR count). The molecule has 0 radical (unpaired) electrons. The van der Waals surface area contributed by atoms with E-state index in [1.807, 2.05) is 0 Å². The number of anilines is 2. The van der Waals surface area contributed by atoms with E-state index in [1.54, 1.807) is 6.07 Å². The predicted octanol–water partition coefficient (Wildman–Crippen LogP) is 4.69. The smallest absolute Gasteiger partial charge is 0.319 e. The van der Waals surface area contributed by atoms with E-state index < -0.39 is 11.6 Å². The van der Waals surface area contributed by atoms with E-state index in [9.17, 15) is 13.9 Å². The zero-order chi connectivity index (χ0) is 30.7. The Morgan fingerprint density at radius 2 is 1.86 bits per heavy atom. The summed E-state index contributed by atoms with van der Waals surface area (Å²) >= 11 is 0. The number of alkyl halides is 1. The van der Waals surface area contributed by atoms with Crippen molar-refractivity contribution in [1.29, 1.82) is 0 Å². The van der Waals surface area contributed by atoms with E-state index in [2.05, 4.69) is 31.1 Å². The van der Waals surface area contributed by atoms with E-state index in [-0.39, 0.29) is 64.1 Å². The van der Waals surface area contributed by atoms with Crippen LogP contribution in [0.3, 0.4) is 0 Å². The molecule has 2 fully saturated rings. The third kappa shape index (κ3) is 5.34. The summed E-state index contributed by atoms with van der Waals surface area (Å²) in [6, 6.07) is 5.89. The number of nitrogen functional groups attached to an aromatic ring is 1. The molecular formula is C31H33F3N6O3. The molecule has 2 aromatic heterocycles. The quantitative estimate of drug-likeness (QED) is 0.197. The van der Waals surface area contributed by atoms with Crippen molar-refractivity contribution in [1.82, 2.24) is 19.9 Å². The lowest BCUT2D eigenvalue weighted by Crippen LogP contribution is -2.43. The second-order valence-corrected chi connectivity index (χ2v) is 10.5. The first kappa shape index (κ1) is 30.1. The lowest BCUT2D eigenvalue weighted by molar-refractivity contribution is 0.108. The molecule has 0 spiro atoms. The zero-order valence-electron chi connectivity index (χ0n) is 24.0. The first-order chi connectivity index (χ1) is 20.9. The lowest BCUT2D eigenvalue weighted by atomic mass is 9.95. The minimum atomic E-state index is -0.805. The number of pyridine rings is 1. The van der Waals surface area contributed by atoms with E-state index >= 15 is 4.39 Å². The van der Waals surface area contributed by atoms with Gasteiger partial charge in [0.2, 0.25) is 5.88 Å². The highest BCUT2D eigenvalue weighted by Crippen LogP contribution is 2.42. The molecule has 2 aromatic carbocycles. The Bertz CT molecular complexity index is 1700. The van der Waals surface area contributed by atoms with Gasteiger partial charge in [-0.1, -0.05) is 12.0 Å². The van der Waals surface area contributed by atoms with Gasteiger partial charge in [0.15, 0.2) is 5.82 Å². The van der Waals surface area contributed by atoms with Crippen LogP contribution in [0.5, 0.6) is 11.9 Å². The molecule has 0 amide bonds. The number of halogens is 3. The SMILES string of the molecule is C#Cc1c(F)ccc2cc(N)cc(-c3nc(OC)c4c(NCCO)nc(OCC56CCCN5CCC6)nc4c3F)c12.CF. The van der Waals surface area contributed by atoms with Gasteiger partial charge in [0.05, 0.1) is 32.0 Å². The van der Waals surface area contributed by atoms with Crippen molar-refractivity contribution in [2.45, 2.75) is 31.2 Å². The molecule has 0 saturated carbocycles. The third-order valence-corrected chi connectivity index (χ3v) is 8.10. The van der Waals surface area contributed by atoms with Gasteiger partial charge in [-0.25, -0.2) is 13.8 Å². The Morgan fingerprint density at radius 1 is 1.12 bits per heavy atom. The molecule has 4 heterocycles. The second kappa shape index (κ2) is 12.5. The topological polar surface area (TPSA) is 119 Å². The maximum atomic E-state index is 16.6. The van der Waals surface area contributed by atoms with Gasteiger partial charge in [0.1, 0.15) is 34.8 Å². The highest BCUT2D eigenvalue weighted by molar-refractivity contribution is 6.04. The van der Waals surface area contributed by atoms with Crippen LogP contribution in [-0.2, 0) is 0 Å². The van der Waals surface area contributed by atoms with Crippen LogP contribution in [0, 0.1) is 24.0 Å². The molecule has 0 atom stereocenters. The fourth-order valence-electron chi connectivity index (χ4n) is 6.26. The summed E-state index contributed by atoms with van der Waals surface area (Å²) in [7, 11) is 1.89. The maximum Gasteiger partial charge on any atom is 0.319 e. The number of terminal acetylenes is 1. The van der Waals surface area contributed by atoms with Crippen LogP contribution in [-0.4, -0.2) is 77.6 Å². The molecule has 0 aliphatic carbocycles. The first-order valence-electron chi connectivity index (χ1n) is 13.9. The monoisotopic (exact) mass is 594 g/mol. The summed E-state index contributed by atoms with van der Waals surface area (Å²) in [5.41, 5.74) is 6.28. The van der Waals surface area contributed by atoms with Crippen LogP contribution in [0.25, 0.3) is 32.9 Å². The lowest BCUT2D eigenvalue weighted by Gasteiger charge is -2.31. The maximum absolute atomic E-state index is 16.6. The highest BCUT2D eigenvalue weighted by Gasteiger charge is 2.45. The molecule has 2 aliphatic rings. The number of fused-ring (bicyclic) bond motifs is 3. The second-order valence-electron chi connectivity index (χ2n) is 10.5. The molecule has 12 heteroatoms. The molecule has 9 nitrogen and oxygen atoms in total. The molecule has 4 aromatic rings. The summed E-state index contributed by atoms with van der Waals surface area (Å²) < 4.78 is 52.6. The van der Waals surface area contributed by atoms with Gasteiger partial charge in [-0.2, -0.15) is 9.97 Å². The fraction of sp³-hybridized carbons (Fsp3) is 0.387. The van der Waals surface area contributed by atoms with Crippen LogP contribution < -0.4 is 20.5 Å². The van der Waals surface area contributed by atoms with E-state index in [0.717, 1.165) is 38.8 Å². The number of aromatic nitrogens is 3. The average molecular weight is 595 g/mol. The Kier molecular flexibility index (Phi) is 8.75. The number of nitrogens with two attached hydrogens (primary N) is 1. The summed E-state index contributed by atoms with van der Waals surface area (Å²) in [5, 5.41) is 13.5. The van der Waals surface area contributed by atoms with Crippen molar-refractivity contribution in [3.8, 4) is 35.5 Å². The van der Waals surface area contributed by atoms with Crippen molar-refractivity contribution in [2.75, 3.05) is 58.2 Å². The number of aliphatic hydroxyl groups excluding tert-OH is 1. The van der Waals surface area contributed by atoms with Gasteiger partial charge in [-0.05, 0) is 62.4 Å². The third-order valence-electron chi connectivity index (χ3n) is 8.10. The Hall–Kier alpha value is -4.34. The minimum absolute atomic E-state index is 0.0167. The van der Waals surface area contributed by atoms with Gasteiger partial charge in [-0.15, -0.1) is 6.42 Å². The molecule has 2 saturated heterocycles. The van der Waals surface area contributed by atoms with Crippen molar-refractivity contribution in [2.24, 2.45) is 0 Å². The normalized spacial score (nSPS) is 15.6. The number of benzene rings is 2. The van der Waals surface area contributed by atoms with Crippen LogP contribution in [0.2, 0.25) is 0 Å². The minimum Gasteiger partial charge on any atom is -0.480 e. The van der Waals surface area contributed by atoms with Gasteiger partial charge >= 0.3 is 6.01 Å². The van der Waals surface area contributed by atoms with Crippen LogP contribution in [0.15, 0.2) is 24.3 Å². The number of ether oxygens (including phenoxy) is 2. The molecule has 0 bridgehead atoms. The van der Waals surface area contributed by atoms with Crippen molar-refractivity contribution >= 4 is 33.2 Å². The number of rotatable bonds is 8. The Labute approximate surface area is 247 Å². The van der Waals surface area contributed by atoms with Crippen LogP contribution in [0.4, 0.5) is 24.7 Å². The van der Waals surface area contributed by atoms with Gasteiger partial charge < -0.3 is 25.6 Å². The van der Waals surface area contributed by atoms with E-state index in [4.69, 9.17) is 21.6 Å². The summed E-state index contributed by atoms with van der Waals surface area (Å²) in [6.07, 6.45) is 9.89. The molecule has 4 N–H and O–H groups in total. The molecule has 43 heavy (non-hydrogen) atoms. The van der Waals surface area contributed by atoms with Crippen molar-refractivity contribution in [3.05, 3.63) is 41.5 Å². The predicted molar refractivity (Wildman–Crippen MR) is 160 cm³/mol. The van der Waals surface area contributed by atoms with Crippen LogP contribution in [0.1, 0.15) is 31.2 Å². The molecular weight excluding hydrogens is 561 g/mol. The number of nitrogens with one attached hydrogen (secondary N) is 1. The van der Waals surface area contributed by atoms with Gasteiger partial charge in [-0.3, -0.25) is 9.29 Å². The summed E-state index contributed by atoms with van der Waals surface area (Å²) in [4.78, 5) is 15.9. The summed E-state index contributed by atoms with van der Waals surface area (Å²) in [6.45, 7) is 2.38. The number of aliphatic hydroxyl groups is 1. The average Bonchev–Trinajstić information content (AvgIpc) is 3.61. The Morgan fingerprint density at radius 3 is 2.53 bits per heavy atom. The largest absolute Gasteiger partial charge is 0.480 e. The van der Waals surface area contributed by atoms with Crippen LogP contribution >= 0.6 is 0 Å². The van der Waals surface area contributed by atoms with E-state index in [1.165, 1.54) is 25.3 Å². The van der Waals surface area contributed by atoms with Gasteiger partial charge in [0.25, 0.3) is 0 Å². The fourth-order valence-corrected chi connectivity index (χ4v) is 6.26. The molecule has 226 valence electrons. The number of hydrogen-bond acceptors (Lipinski definition) is 9. The number of hydrogen-bond donors (Lipinski definition) is 3. The summed E-state index contributed by atoms with van der Waals surface area (Å²) in [5.74, 6) is 1.17. The van der Waals surface area contributed by atoms with Crippen molar-refractivity contribution in [3.63, 3.8) is 0 Å². The van der Waals surface area contributed by atoms with Crippen molar-refractivity contribution < 1.29 is 27.8 Å². The zero-order valence-corrected chi connectivity index (χ0v) is 24.0. The molecule has 2 aliphatic heterocycles. The molecule has 0 unspecified atom stereocenters. The Balaban J connectivity index is 0.00000180. The van der Waals surface area contributed by atoms with E-state index in [0.29, 0.717) is 30.2 Å². The first-order valence-corrected chi connectivity index (χ1v) is 13.9. The van der Waals surface area contributed by atoms with Gasteiger partial charge in [0, 0.05) is 23.2 Å². The standard InChI is InChI=1S/C30H30F2N6O3.CH3F/c1-3-19-21(31)7-6-17-14-18(33)15-20(22(17)19)25-24(32)26-23(28(35-25)40-2)27(34-10-13-39)37-29(36-26)41-16-30-8-4-11-38(30)12-5-9-30;1-2/h1,6-7,14-15,39H,4-5,8-13,16,33H2,2H3,(H,34,36,37);1H3. The number of nitrogens with zero attached hydrogens (tertiary/aromatic N) is 4.